The molecule has 0 fully saturated rings. The lowest BCUT2D eigenvalue weighted by Crippen LogP contribution is -2.58. The van der Waals surface area contributed by atoms with Gasteiger partial charge in [0.2, 0.25) is 0 Å². The van der Waals surface area contributed by atoms with E-state index in [2.05, 4.69) is 21.0 Å². The van der Waals surface area contributed by atoms with E-state index in [1.165, 1.54) is 36.4 Å². The first-order valence-electron chi connectivity index (χ1n) is 7.63. The summed E-state index contributed by atoms with van der Waals surface area (Å²) in [6, 6.07) is 4.04. The van der Waals surface area contributed by atoms with E-state index in [1.807, 2.05) is 0 Å². The molecule has 0 aliphatic heterocycles. The average Bonchev–Trinajstić information content (AvgIpc) is 2.61. The topological polar surface area (TPSA) is 33.6 Å². The van der Waals surface area contributed by atoms with Gasteiger partial charge in [0.1, 0.15) is 18.2 Å². The van der Waals surface area contributed by atoms with Gasteiger partial charge in [-0.2, -0.15) is 35.8 Å². The van der Waals surface area contributed by atoms with E-state index in [-0.39, 0.29) is 23.5 Å². The number of nitrogens with zero attached hydrogens (tertiary/aromatic N) is 1. The van der Waals surface area contributed by atoms with Gasteiger partial charge in [-0.05, 0) is 24.3 Å². The largest absolute Gasteiger partial charge is 0.488 e. The Labute approximate surface area is 167 Å². The highest BCUT2D eigenvalue weighted by atomic mass is 79.9. The predicted molar refractivity (Wildman–Crippen MR) is 91.6 cm³/mol. The molecule has 0 heterocycles. The molecule has 3 nitrogen and oxygen atoms in total. The maximum Gasteiger partial charge on any atom is 0.462 e. The summed E-state index contributed by atoms with van der Waals surface area (Å²) < 4.78 is 108. The van der Waals surface area contributed by atoms with E-state index in [0.29, 0.717) is 16.1 Å². The van der Waals surface area contributed by atoms with Crippen LogP contribution in [0.1, 0.15) is 11.1 Å². The molecule has 12 heteroatoms. The molecular formula is C17H11BrF8N2O. The van der Waals surface area contributed by atoms with Gasteiger partial charge >= 0.3 is 18.1 Å². The third kappa shape index (κ3) is 5.37. The van der Waals surface area contributed by atoms with Gasteiger partial charge in [-0.25, -0.2) is 9.82 Å². The molecular weight excluding hydrogens is 480 g/mol. The van der Waals surface area contributed by atoms with Crippen LogP contribution in [0.5, 0.6) is 5.75 Å². The van der Waals surface area contributed by atoms with Gasteiger partial charge in [0.25, 0.3) is 0 Å². The van der Waals surface area contributed by atoms with E-state index in [4.69, 9.17) is 4.74 Å². The summed E-state index contributed by atoms with van der Waals surface area (Å²) in [4.78, 5) is 0. The third-order valence-corrected chi connectivity index (χ3v) is 3.97. The molecule has 1 N–H and O–H groups in total. The average molecular weight is 491 g/mol. The van der Waals surface area contributed by atoms with Gasteiger partial charge in [-0.3, -0.25) is 0 Å². The molecule has 0 unspecified atom stereocenters. The van der Waals surface area contributed by atoms with Crippen LogP contribution in [0.3, 0.4) is 0 Å². The first kappa shape index (κ1) is 22.9. The Morgan fingerprint density at radius 2 is 1.66 bits per heavy atom. The maximum atomic E-state index is 13.6. The summed E-state index contributed by atoms with van der Waals surface area (Å²) in [7, 11) is 0. The number of hydrogen-bond acceptors (Lipinski definition) is 3. The lowest BCUT2D eigenvalue weighted by molar-refractivity contribution is -0.361. The number of alkyl halides is 7. The van der Waals surface area contributed by atoms with E-state index in [1.54, 1.807) is 6.07 Å². The molecule has 2 aromatic carbocycles. The minimum atomic E-state index is -6.48. The molecule has 2 rings (SSSR count). The summed E-state index contributed by atoms with van der Waals surface area (Å²) >= 11 is 3.08. The van der Waals surface area contributed by atoms with Crippen molar-refractivity contribution in [2.24, 2.45) is 5.10 Å². The molecule has 29 heavy (non-hydrogen) atoms. The monoisotopic (exact) mass is 490 g/mol. The standard InChI is InChI=1S/C17H11BrF8N2O/c18-12-5-6-14(29-9-10-3-1-2-4-13(10)19)11(7-12)8-27-28-17(25,26)15(20,21)16(22,23)24/h1-8,28H,9H2/b27-8+. The molecule has 0 saturated heterocycles. The predicted octanol–water partition coefficient (Wildman–Crippen LogP) is 5.88. The van der Waals surface area contributed by atoms with Crippen LogP contribution in [-0.4, -0.2) is 24.4 Å². The lowest BCUT2D eigenvalue weighted by Gasteiger charge is -2.27. The summed E-state index contributed by atoms with van der Waals surface area (Å²) in [5.74, 6) is -6.91. The first-order valence-corrected chi connectivity index (χ1v) is 8.43. The third-order valence-electron chi connectivity index (χ3n) is 3.47. The highest BCUT2D eigenvalue weighted by molar-refractivity contribution is 9.10. The molecule has 2 aromatic rings. The highest BCUT2D eigenvalue weighted by Gasteiger charge is 2.73. The molecule has 158 valence electrons. The van der Waals surface area contributed by atoms with E-state index >= 15 is 0 Å². The zero-order valence-electron chi connectivity index (χ0n) is 14.1. The molecule has 0 atom stereocenters. The van der Waals surface area contributed by atoms with Crippen molar-refractivity contribution in [3.63, 3.8) is 0 Å². The molecule has 0 aliphatic carbocycles. The molecule has 0 saturated carbocycles. The summed E-state index contributed by atoms with van der Waals surface area (Å²) in [6.07, 6.45) is -5.91. The molecule has 0 amide bonds. The summed E-state index contributed by atoms with van der Waals surface area (Å²) in [5, 5.41) is 2.79. The fourth-order valence-electron chi connectivity index (χ4n) is 1.95. The smallest absolute Gasteiger partial charge is 0.462 e. The zero-order chi connectivity index (χ0) is 21.9. The van der Waals surface area contributed by atoms with E-state index < -0.39 is 24.0 Å². The first-order chi connectivity index (χ1) is 13.3. The fraction of sp³-hybridized carbons (Fsp3) is 0.235. The number of rotatable bonds is 7. The van der Waals surface area contributed by atoms with Crippen LogP contribution in [0.15, 0.2) is 52.0 Å². The second kappa shape index (κ2) is 8.56. The van der Waals surface area contributed by atoms with Crippen LogP contribution in [-0.2, 0) is 6.61 Å². The number of hydrazone groups is 1. The minimum Gasteiger partial charge on any atom is -0.488 e. The van der Waals surface area contributed by atoms with Gasteiger partial charge in [0.15, 0.2) is 0 Å². The molecule has 0 aromatic heterocycles. The Bertz CT molecular complexity index is 886. The molecule has 0 radical (unpaired) electrons. The normalized spacial score (nSPS) is 13.0. The van der Waals surface area contributed by atoms with Crippen molar-refractivity contribution >= 4 is 22.1 Å². The second-order valence-corrected chi connectivity index (χ2v) is 6.49. The summed E-state index contributed by atoms with van der Waals surface area (Å²) in [5.41, 5.74) is 0.646. The number of ether oxygens (including phenoxy) is 1. The van der Waals surface area contributed by atoms with Gasteiger partial charge in [-0.1, -0.05) is 34.1 Å². The summed E-state index contributed by atoms with van der Waals surface area (Å²) in [6.45, 7) is -0.259. The van der Waals surface area contributed by atoms with Crippen LogP contribution in [0, 0.1) is 5.82 Å². The Hall–Kier alpha value is -2.37. The number of hydrogen-bond donors (Lipinski definition) is 1. The zero-order valence-corrected chi connectivity index (χ0v) is 15.7. The SMILES string of the molecule is Fc1ccccc1COc1ccc(Br)cc1/C=N/NC(F)(F)C(F)(F)C(F)(F)F. The maximum absolute atomic E-state index is 13.6. The lowest BCUT2D eigenvalue weighted by atomic mass is 10.2. The van der Waals surface area contributed by atoms with Crippen molar-refractivity contribution in [2.75, 3.05) is 0 Å². The molecule has 0 bridgehead atoms. The van der Waals surface area contributed by atoms with Gasteiger partial charge in [0, 0.05) is 15.6 Å². The van der Waals surface area contributed by atoms with Crippen LogP contribution < -0.4 is 10.2 Å². The molecule has 0 aliphatic rings. The van der Waals surface area contributed by atoms with Crippen LogP contribution in [0.2, 0.25) is 0 Å². The Morgan fingerprint density at radius 1 is 1.00 bits per heavy atom. The van der Waals surface area contributed by atoms with Crippen molar-refractivity contribution in [2.45, 2.75) is 24.8 Å². The van der Waals surface area contributed by atoms with Crippen molar-refractivity contribution in [1.29, 1.82) is 0 Å². The Balaban J connectivity index is 2.18. The minimum absolute atomic E-state index is 0.00657. The highest BCUT2D eigenvalue weighted by Crippen LogP contribution is 2.45. The molecule has 0 spiro atoms. The fourth-order valence-corrected chi connectivity index (χ4v) is 2.33. The number of benzene rings is 2. The van der Waals surface area contributed by atoms with Crippen LogP contribution in [0.25, 0.3) is 0 Å². The van der Waals surface area contributed by atoms with Crippen molar-refractivity contribution in [3.8, 4) is 5.75 Å². The van der Waals surface area contributed by atoms with Crippen LogP contribution >= 0.6 is 15.9 Å². The number of halogens is 9. The van der Waals surface area contributed by atoms with Gasteiger partial charge in [-0.15, -0.1) is 0 Å². The van der Waals surface area contributed by atoms with Gasteiger partial charge in [0.05, 0.1) is 6.21 Å². The van der Waals surface area contributed by atoms with Crippen molar-refractivity contribution < 1.29 is 39.9 Å². The Kier molecular flexibility index (Phi) is 6.76. The number of nitrogens with one attached hydrogen (secondary N) is 1. The van der Waals surface area contributed by atoms with Crippen LogP contribution in [0.4, 0.5) is 35.1 Å². The quantitative estimate of drug-likeness (QED) is 0.227. The van der Waals surface area contributed by atoms with E-state index in [0.717, 1.165) is 0 Å². The van der Waals surface area contributed by atoms with Crippen molar-refractivity contribution in [1.82, 2.24) is 5.43 Å². The van der Waals surface area contributed by atoms with E-state index in [9.17, 15) is 35.1 Å². The van der Waals surface area contributed by atoms with Gasteiger partial charge < -0.3 is 4.74 Å². The Morgan fingerprint density at radius 3 is 2.28 bits per heavy atom. The second-order valence-electron chi connectivity index (χ2n) is 5.58. The van der Waals surface area contributed by atoms with Crippen molar-refractivity contribution in [3.05, 3.63) is 63.9 Å².